The van der Waals surface area contributed by atoms with Crippen molar-refractivity contribution >= 4 is 33.5 Å². The zero-order chi connectivity index (χ0) is 21.4. The number of nitrogens with one attached hydrogen (secondary N) is 1. The molecule has 3 aromatic carbocycles. The molecule has 0 amide bonds. The van der Waals surface area contributed by atoms with Crippen LogP contribution >= 0.6 is 0 Å². The van der Waals surface area contributed by atoms with Crippen molar-refractivity contribution in [3.05, 3.63) is 70.3 Å². The Morgan fingerprint density at radius 2 is 1.77 bits per heavy atom. The van der Waals surface area contributed by atoms with Gasteiger partial charge in [-0.3, -0.25) is 10.1 Å². The number of nitro groups is 1. The fraction of sp³-hybridized carbons (Fsp3) is 0.360. The topological polar surface area (TPSA) is 79.9 Å². The second-order valence-electron chi connectivity index (χ2n) is 9.00. The van der Waals surface area contributed by atoms with E-state index in [0.717, 1.165) is 17.5 Å². The van der Waals surface area contributed by atoms with Crippen molar-refractivity contribution in [3.8, 4) is 0 Å². The monoisotopic (exact) mass is 414 g/mol. The lowest BCUT2D eigenvalue weighted by atomic mass is 9.70. The van der Waals surface area contributed by atoms with Crippen molar-refractivity contribution in [3.63, 3.8) is 0 Å². The van der Waals surface area contributed by atoms with Gasteiger partial charge < -0.3 is 5.32 Å². The van der Waals surface area contributed by atoms with Gasteiger partial charge in [0, 0.05) is 34.1 Å². The zero-order valence-corrected chi connectivity index (χ0v) is 17.7. The molecule has 158 valence electrons. The maximum absolute atomic E-state index is 10.8. The first-order chi connectivity index (χ1) is 15.0. The minimum absolute atomic E-state index is 0.0487. The van der Waals surface area contributed by atoms with Crippen LogP contribution in [-0.4, -0.2) is 10.5 Å². The molecule has 1 saturated carbocycles. The van der Waals surface area contributed by atoms with Gasteiger partial charge in [0.15, 0.2) is 0 Å². The van der Waals surface area contributed by atoms with Crippen molar-refractivity contribution in [2.45, 2.75) is 51.0 Å². The molecular weight excluding hydrogens is 388 g/mol. The number of nitro benzene ring substituents is 1. The van der Waals surface area contributed by atoms with Gasteiger partial charge >= 0.3 is 0 Å². The highest BCUT2D eigenvalue weighted by Crippen LogP contribution is 2.45. The first-order valence-electron chi connectivity index (χ1n) is 11.0. The second-order valence-corrected chi connectivity index (χ2v) is 9.00. The van der Waals surface area contributed by atoms with Crippen molar-refractivity contribution in [2.24, 2.45) is 16.1 Å². The Balaban J connectivity index is 1.47. The van der Waals surface area contributed by atoms with Crippen LogP contribution in [0.3, 0.4) is 0 Å². The number of rotatable bonds is 4. The molecule has 0 aromatic heterocycles. The Kier molecular flexibility index (Phi) is 4.93. The molecule has 0 spiro atoms. The van der Waals surface area contributed by atoms with Gasteiger partial charge in [-0.15, -0.1) is 5.11 Å². The summed E-state index contributed by atoms with van der Waals surface area (Å²) >= 11 is 0. The van der Waals surface area contributed by atoms with E-state index < -0.39 is 4.92 Å². The maximum Gasteiger partial charge on any atom is 0.269 e. The number of non-ortho nitro benzene ring substituents is 1. The molecular formula is C25H26N4O2. The first-order valence-corrected chi connectivity index (χ1v) is 11.0. The zero-order valence-electron chi connectivity index (χ0n) is 17.7. The summed E-state index contributed by atoms with van der Waals surface area (Å²) in [6.45, 7) is 2.38. The van der Waals surface area contributed by atoms with E-state index in [9.17, 15) is 10.1 Å². The van der Waals surface area contributed by atoms with Gasteiger partial charge in [-0.25, -0.2) is 0 Å². The Labute approximate surface area is 181 Å². The molecule has 1 unspecified atom stereocenters. The molecule has 6 nitrogen and oxygen atoms in total. The van der Waals surface area contributed by atoms with E-state index in [4.69, 9.17) is 0 Å². The number of nitrogens with zero attached hydrogens (tertiary/aromatic N) is 3. The summed E-state index contributed by atoms with van der Waals surface area (Å²) in [5, 5.41) is 25.8. The highest BCUT2D eigenvalue weighted by atomic mass is 16.6. The molecule has 2 aliphatic rings. The van der Waals surface area contributed by atoms with E-state index in [1.807, 2.05) is 6.07 Å². The highest BCUT2D eigenvalue weighted by molar-refractivity contribution is 6.03. The van der Waals surface area contributed by atoms with Crippen LogP contribution in [0.15, 0.2) is 64.8 Å². The average molecular weight is 415 g/mol. The van der Waals surface area contributed by atoms with E-state index in [1.54, 1.807) is 12.1 Å². The summed E-state index contributed by atoms with van der Waals surface area (Å²) < 4.78 is 0. The molecule has 1 N–H and O–H groups in total. The normalized spacial score (nSPS) is 21.3. The quantitative estimate of drug-likeness (QED) is 0.273. The third kappa shape index (κ3) is 3.67. The van der Waals surface area contributed by atoms with E-state index in [0.29, 0.717) is 11.6 Å². The third-order valence-electron chi connectivity index (χ3n) is 6.92. The lowest BCUT2D eigenvalue weighted by molar-refractivity contribution is -0.384. The minimum atomic E-state index is -0.415. The largest absolute Gasteiger partial charge is 0.379 e. The average Bonchev–Trinajstić information content (AvgIpc) is 2.79. The van der Waals surface area contributed by atoms with E-state index >= 15 is 0 Å². The Bertz CT molecular complexity index is 1150. The number of hydrogen-bond donors (Lipinski definition) is 1. The van der Waals surface area contributed by atoms with Gasteiger partial charge in [0.2, 0.25) is 0 Å². The summed E-state index contributed by atoms with van der Waals surface area (Å²) in [6.07, 6.45) is 7.65. The predicted molar refractivity (Wildman–Crippen MR) is 124 cm³/mol. The van der Waals surface area contributed by atoms with E-state index in [2.05, 4.69) is 46.7 Å². The second kappa shape index (κ2) is 7.76. The Morgan fingerprint density at radius 3 is 2.52 bits per heavy atom. The Morgan fingerprint density at radius 1 is 1.00 bits per heavy atom. The van der Waals surface area contributed by atoms with E-state index in [-0.39, 0.29) is 11.2 Å². The molecule has 0 saturated heterocycles. The maximum atomic E-state index is 10.8. The van der Waals surface area contributed by atoms with Gasteiger partial charge in [-0.05, 0) is 61.9 Å². The van der Waals surface area contributed by atoms with Crippen LogP contribution in [-0.2, 0) is 6.42 Å². The molecule has 0 radical (unpaired) electrons. The smallest absolute Gasteiger partial charge is 0.269 e. The predicted octanol–water partition coefficient (Wildman–Crippen LogP) is 7.47. The van der Waals surface area contributed by atoms with Crippen molar-refractivity contribution in [1.82, 2.24) is 0 Å². The summed E-state index contributed by atoms with van der Waals surface area (Å²) in [6, 6.07) is 16.7. The standard InChI is InChI=1S/C25H26N4O2/c1-25(18-6-3-2-4-7-18)16-17-10-15-22(21-8-5-9-23(26-25)24(17)21)28-27-19-11-13-20(14-12-19)29(30)31/h5,8-15,18,26H,2-4,6-7,16H2,1H3. The molecule has 3 aromatic rings. The van der Waals surface area contributed by atoms with Crippen LogP contribution in [0.4, 0.5) is 22.7 Å². The van der Waals surface area contributed by atoms with Gasteiger partial charge in [-0.1, -0.05) is 37.5 Å². The van der Waals surface area contributed by atoms with E-state index in [1.165, 1.54) is 60.9 Å². The number of anilines is 1. The Hall–Kier alpha value is -3.28. The molecule has 0 bridgehead atoms. The van der Waals surface area contributed by atoms with Crippen molar-refractivity contribution in [1.29, 1.82) is 0 Å². The van der Waals surface area contributed by atoms with Gasteiger partial charge in [0.05, 0.1) is 16.3 Å². The number of azo groups is 1. The molecule has 1 aliphatic carbocycles. The van der Waals surface area contributed by atoms with Crippen LogP contribution in [0.1, 0.15) is 44.6 Å². The summed E-state index contributed by atoms with van der Waals surface area (Å²) in [4.78, 5) is 10.4. The molecule has 31 heavy (non-hydrogen) atoms. The van der Waals surface area contributed by atoms with Crippen molar-refractivity contribution < 1.29 is 4.92 Å². The summed E-state index contributed by atoms with van der Waals surface area (Å²) in [5.41, 5.74) is 4.08. The summed E-state index contributed by atoms with van der Waals surface area (Å²) in [7, 11) is 0. The van der Waals surface area contributed by atoms with Crippen LogP contribution in [0.25, 0.3) is 10.8 Å². The number of benzene rings is 3. The molecule has 5 rings (SSSR count). The summed E-state index contributed by atoms with van der Waals surface area (Å²) in [5.74, 6) is 0.700. The van der Waals surface area contributed by atoms with Gasteiger partial charge in [0.25, 0.3) is 5.69 Å². The van der Waals surface area contributed by atoms with Crippen LogP contribution in [0.2, 0.25) is 0 Å². The molecule has 1 heterocycles. The number of hydrogen-bond acceptors (Lipinski definition) is 5. The van der Waals surface area contributed by atoms with Gasteiger partial charge in [0.1, 0.15) is 0 Å². The first kappa shape index (κ1) is 19.7. The van der Waals surface area contributed by atoms with Gasteiger partial charge in [-0.2, -0.15) is 5.11 Å². The molecule has 1 fully saturated rings. The van der Waals surface area contributed by atoms with Crippen LogP contribution < -0.4 is 5.32 Å². The minimum Gasteiger partial charge on any atom is -0.379 e. The lowest BCUT2D eigenvalue weighted by Gasteiger charge is -2.44. The third-order valence-corrected chi connectivity index (χ3v) is 6.92. The molecule has 1 atom stereocenters. The molecule has 6 heteroatoms. The SMILES string of the molecule is CC1(C2CCCCC2)Cc2ccc(N=Nc3ccc([N+](=O)[O-])cc3)c3cccc(c23)N1. The van der Waals surface area contributed by atoms with Crippen LogP contribution in [0, 0.1) is 16.0 Å². The fourth-order valence-electron chi connectivity index (χ4n) is 5.29. The lowest BCUT2D eigenvalue weighted by Crippen LogP contribution is -2.47. The van der Waals surface area contributed by atoms with Crippen molar-refractivity contribution in [2.75, 3.05) is 5.32 Å². The van der Waals surface area contributed by atoms with Crippen LogP contribution in [0.5, 0.6) is 0 Å². The molecule has 1 aliphatic heterocycles. The highest BCUT2D eigenvalue weighted by Gasteiger charge is 2.38. The fourth-order valence-corrected chi connectivity index (χ4v) is 5.29.